The third-order valence-electron chi connectivity index (χ3n) is 6.23. The number of carbonyl (C=O) groups excluding carboxylic acids is 2. The predicted molar refractivity (Wildman–Crippen MR) is 130 cm³/mol. The molecule has 2 aromatic rings. The lowest BCUT2D eigenvalue weighted by atomic mass is 9.97. The SMILES string of the molecule is CC(C)[C@@H]1NCc2ccc(c3ccccc23)CN[C@@H](C(C)C)C(=O)NCCCCNC1=O. The Morgan fingerprint density at radius 1 is 0.688 bits per heavy atom. The van der Waals surface area contributed by atoms with Gasteiger partial charge >= 0.3 is 0 Å². The molecule has 3 rings (SSSR count). The zero-order chi connectivity index (χ0) is 23.1. The van der Waals surface area contributed by atoms with Crippen molar-refractivity contribution in [2.75, 3.05) is 13.1 Å². The molecular formula is C26H38N4O2. The maximum atomic E-state index is 12.8. The number of fused-ring (bicyclic) bond motifs is 6. The van der Waals surface area contributed by atoms with Gasteiger partial charge in [-0.05, 0) is 46.6 Å². The van der Waals surface area contributed by atoms with Gasteiger partial charge in [-0.25, -0.2) is 0 Å². The van der Waals surface area contributed by atoms with Crippen LogP contribution < -0.4 is 21.3 Å². The van der Waals surface area contributed by atoms with Crippen LogP contribution in [-0.4, -0.2) is 37.0 Å². The number of rotatable bonds is 2. The van der Waals surface area contributed by atoms with E-state index in [1.807, 2.05) is 12.1 Å². The highest BCUT2D eigenvalue weighted by Crippen LogP contribution is 2.24. The molecule has 0 radical (unpaired) electrons. The summed E-state index contributed by atoms with van der Waals surface area (Å²) in [7, 11) is 0. The molecule has 0 fully saturated rings. The maximum Gasteiger partial charge on any atom is 0.237 e. The number of carbonyl (C=O) groups is 2. The van der Waals surface area contributed by atoms with Crippen LogP contribution in [0.25, 0.3) is 10.8 Å². The average molecular weight is 439 g/mol. The number of benzene rings is 2. The van der Waals surface area contributed by atoms with E-state index in [0.717, 1.165) is 12.8 Å². The lowest BCUT2D eigenvalue weighted by Gasteiger charge is -2.24. The Kier molecular flexibility index (Phi) is 8.65. The Hall–Kier alpha value is -2.44. The Labute approximate surface area is 191 Å². The van der Waals surface area contributed by atoms with Crippen molar-refractivity contribution in [2.45, 2.75) is 65.7 Å². The van der Waals surface area contributed by atoms with E-state index in [9.17, 15) is 9.59 Å². The number of hydrogen-bond donors (Lipinski definition) is 4. The minimum absolute atomic E-state index is 0.0372. The van der Waals surface area contributed by atoms with Crippen molar-refractivity contribution in [3.8, 4) is 0 Å². The highest BCUT2D eigenvalue weighted by molar-refractivity contribution is 5.89. The summed E-state index contributed by atoms with van der Waals surface area (Å²) in [5, 5.41) is 15.4. The molecule has 0 saturated heterocycles. The van der Waals surface area contributed by atoms with Gasteiger partial charge < -0.3 is 21.3 Å². The van der Waals surface area contributed by atoms with Crippen molar-refractivity contribution in [1.29, 1.82) is 0 Å². The third kappa shape index (κ3) is 6.08. The van der Waals surface area contributed by atoms with E-state index in [1.165, 1.54) is 21.9 Å². The summed E-state index contributed by atoms with van der Waals surface area (Å²) in [6, 6.07) is 12.1. The van der Waals surface area contributed by atoms with E-state index < -0.39 is 0 Å². The Morgan fingerprint density at radius 2 is 1.09 bits per heavy atom. The molecule has 174 valence electrons. The standard InChI is InChI=1S/C26H38N4O2/c1-17(2)23-25(31)27-13-7-8-14-28-26(32)24(18(3)4)30-16-20-12-11-19(15-29-23)21-9-5-6-10-22(20)21/h5-6,9-12,17-18,23-24,29-30H,7-8,13-16H2,1-4H3,(H,27,31)(H,28,32)/t23-,24-/m0/s1. The monoisotopic (exact) mass is 438 g/mol. The molecule has 1 aliphatic heterocycles. The summed E-state index contributed by atoms with van der Waals surface area (Å²) in [6.45, 7) is 10.7. The molecule has 1 aliphatic rings. The van der Waals surface area contributed by atoms with E-state index in [1.54, 1.807) is 0 Å². The van der Waals surface area contributed by atoms with Crippen LogP contribution in [0, 0.1) is 11.8 Å². The van der Waals surface area contributed by atoms with Crippen LogP contribution in [-0.2, 0) is 22.7 Å². The maximum absolute atomic E-state index is 12.8. The van der Waals surface area contributed by atoms with Crippen molar-refractivity contribution >= 4 is 22.6 Å². The molecule has 0 saturated carbocycles. The van der Waals surface area contributed by atoms with E-state index >= 15 is 0 Å². The molecular weight excluding hydrogens is 400 g/mol. The normalized spacial score (nSPS) is 21.9. The first kappa shape index (κ1) is 24.2. The van der Waals surface area contributed by atoms with E-state index in [0.29, 0.717) is 26.2 Å². The molecule has 2 aromatic carbocycles. The van der Waals surface area contributed by atoms with Crippen LogP contribution in [0.1, 0.15) is 51.7 Å². The Bertz CT molecular complexity index is 851. The second-order valence-electron chi connectivity index (χ2n) is 9.42. The van der Waals surface area contributed by atoms with Gasteiger partial charge in [0.1, 0.15) is 0 Å². The first-order chi connectivity index (χ1) is 15.4. The molecule has 1 heterocycles. The van der Waals surface area contributed by atoms with Gasteiger partial charge in [0.25, 0.3) is 0 Å². The van der Waals surface area contributed by atoms with E-state index in [2.05, 4.69) is 73.2 Å². The fourth-order valence-electron chi connectivity index (χ4n) is 4.33. The van der Waals surface area contributed by atoms with Crippen LogP contribution in [0.4, 0.5) is 0 Å². The van der Waals surface area contributed by atoms with Gasteiger partial charge in [-0.2, -0.15) is 0 Å². The van der Waals surface area contributed by atoms with Crippen LogP contribution in [0.5, 0.6) is 0 Å². The second-order valence-corrected chi connectivity index (χ2v) is 9.42. The molecule has 6 heteroatoms. The molecule has 2 bridgehead atoms. The Balaban J connectivity index is 1.91. The molecule has 6 nitrogen and oxygen atoms in total. The topological polar surface area (TPSA) is 82.3 Å². The van der Waals surface area contributed by atoms with Crippen LogP contribution in [0.2, 0.25) is 0 Å². The van der Waals surface area contributed by atoms with Gasteiger partial charge in [-0.15, -0.1) is 0 Å². The fourth-order valence-corrected chi connectivity index (χ4v) is 4.33. The van der Waals surface area contributed by atoms with Crippen molar-refractivity contribution in [1.82, 2.24) is 21.3 Å². The molecule has 0 unspecified atom stereocenters. The third-order valence-corrected chi connectivity index (χ3v) is 6.23. The highest BCUT2D eigenvalue weighted by atomic mass is 16.2. The van der Waals surface area contributed by atoms with Gasteiger partial charge in [-0.1, -0.05) is 64.1 Å². The van der Waals surface area contributed by atoms with Crippen molar-refractivity contribution < 1.29 is 9.59 Å². The first-order valence-corrected chi connectivity index (χ1v) is 11.9. The van der Waals surface area contributed by atoms with Gasteiger partial charge in [0.05, 0.1) is 12.1 Å². The molecule has 32 heavy (non-hydrogen) atoms. The minimum atomic E-state index is -0.250. The summed E-state index contributed by atoms with van der Waals surface area (Å²) in [5.41, 5.74) is 2.34. The lowest BCUT2D eigenvalue weighted by Crippen LogP contribution is -2.48. The van der Waals surface area contributed by atoms with Crippen LogP contribution in [0.15, 0.2) is 36.4 Å². The fraction of sp³-hybridized carbons (Fsp3) is 0.538. The molecule has 2 amide bonds. The first-order valence-electron chi connectivity index (χ1n) is 11.9. The quantitative estimate of drug-likeness (QED) is 0.581. The average Bonchev–Trinajstić information content (AvgIpc) is 2.76. The summed E-state index contributed by atoms with van der Waals surface area (Å²) in [4.78, 5) is 25.6. The number of nitrogens with one attached hydrogen (secondary N) is 4. The Morgan fingerprint density at radius 3 is 1.47 bits per heavy atom. The predicted octanol–water partition coefficient (Wildman–Crippen LogP) is 3.09. The highest BCUT2D eigenvalue weighted by Gasteiger charge is 2.23. The number of amides is 2. The summed E-state index contributed by atoms with van der Waals surface area (Å²) < 4.78 is 0. The van der Waals surface area contributed by atoms with Gasteiger partial charge in [0, 0.05) is 26.2 Å². The largest absolute Gasteiger partial charge is 0.355 e. The van der Waals surface area contributed by atoms with Crippen LogP contribution >= 0.6 is 0 Å². The lowest BCUT2D eigenvalue weighted by molar-refractivity contribution is -0.125. The second kappa shape index (κ2) is 11.4. The molecule has 0 aliphatic carbocycles. The summed E-state index contributed by atoms with van der Waals surface area (Å²) in [5.74, 6) is 0.440. The van der Waals surface area contributed by atoms with E-state index in [-0.39, 0.29) is 35.7 Å². The smallest absolute Gasteiger partial charge is 0.237 e. The van der Waals surface area contributed by atoms with Crippen molar-refractivity contribution in [2.24, 2.45) is 11.8 Å². The molecule has 2 atom stereocenters. The van der Waals surface area contributed by atoms with Crippen LogP contribution in [0.3, 0.4) is 0 Å². The zero-order valence-electron chi connectivity index (χ0n) is 19.8. The minimum Gasteiger partial charge on any atom is -0.355 e. The molecule has 0 spiro atoms. The molecule has 0 aromatic heterocycles. The number of hydrogen-bond acceptors (Lipinski definition) is 4. The zero-order valence-corrected chi connectivity index (χ0v) is 19.8. The summed E-state index contributed by atoms with van der Waals surface area (Å²) in [6.07, 6.45) is 1.67. The van der Waals surface area contributed by atoms with E-state index in [4.69, 9.17) is 0 Å². The van der Waals surface area contributed by atoms with Gasteiger partial charge in [-0.3, -0.25) is 9.59 Å². The van der Waals surface area contributed by atoms with Crippen molar-refractivity contribution in [3.05, 3.63) is 47.5 Å². The van der Waals surface area contributed by atoms with Gasteiger partial charge in [0.15, 0.2) is 0 Å². The molecule has 4 N–H and O–H groups in total. The summed E-state index contributed by atoms with van der Waals surface area (Å²) >= 11 is 0. The van der Waals surface area contributed by atoms with Crippen molar-refractivity contribution in [3.63, 3.8) is 0 Å². The van der Waals surface area contributed by atoms with Gasteiger partial charge in [0.2, 0.25) is 11.8 Å².